The normalized spacial score (nSPS) is 14.3. The molecular weight excluding hydrogens is 1070 g/mol. The van der Waals surface area contributed by atoms with Crippen molar-refractivity contribution in [2.75, 3.05) is 9.80 Å². The zero-order chi connectivity index (χ0) is 59.7. The van der Waals surface area contributed by atoms with Crippen molar-refractivity contribution in [3.05, 3.63) is 245 Å². The largest absolute Gasteiger partial charge is 0.505 e. The monoisotopic (exact) mass is 1150 g/mol. The van der Waals surface area contributed by atoms with E-state index in [1.165, 1.54) is 127 Å². The van der Waals surface area contributed by atoms with Gasteiger partial charge < -0.3 is 19.3 Å². The number of hydrogen-bond acceptors (Lipinski definition) is 4. The predicted molar refractivity (Wildman–Crippen MR) is 374 cm³/mol. The molecule has 436 valence electrons. The van der Waals surface area contributed by atoms with Gasteiger partial charge in [-0.15, -0.1) is 0 Å². The first kappa shape index (κ1) is 55.5. The molecule has 0 aliphatic heterocycles. The molecule has 4 heteroatoms. The number of aromatic hydroxyl groups is 1. The van der Waals surface area contributed by atoms with Crippen LogP contribution in [0.3, 0.4) is 0 Å². The minimum absolute atomic E-state index is 0.265. The molecule has 12 aromatic carbocycles. The molecule has 15 rings (SSSR count). The van der Waals surface area contributed by atoms with E-state index in [0.717, 1.165) is 117 Å². The number of furan rings is 1. The molecule has 0 radical (unpaired) electrons. The molecule has 1 aromatic heterocycles. The molecule has 2 aliphatic carbocycles. The van der Waals surface area contributed by atoms with E-state index in [1.807, 2.05) is 0 Å². The summed E-state index contributed by atoms with van der Waals surface area (Å²) in [5.74, 6) is 1.05. The molecule has 13 aromatic rings. The van der Waals surface area contributed by atoms with Gasteiger partial charge in [-0.2, -0.15) is 0 Å². The smallest absolute Gasteiger partial charge is 0.159 e. The van der Waals surface area contributed by atoms with Crippen LogP contribution >= 0.6 is 0 Å². The Hall–Kier alpha value is -9.12. The Labute approximate surface area is 519 Å². The third-order valence-electron chi connectivity index (χ3n) is 20.3. The first-order chi connectivity index (χ1) is 43.1. The predicted octanol–water partition coefficient (Wildman–Crippen LogP) is 24.6. The Balaban J connectivity index is 1.03. The van der Waals surface area contributed by atoms with Gasteiger partial charge in [0.05, 0.1) is 22.7 Å². The number of aryl methyl sites for hydroxylation is 6. The quantitative estimate of drug-likeness (QED) is 0.117. The van der Waals surface area contributed by atoms with Crippen LogP contribution in [-0.4, -0.2) is 5.11 Å². The van der Waals surface area contributed by atoms with E-state index in [2.05, 4.69) is 252 Å². The van der Waals surface area contributed by atoms with E-state index in [9.17, 15) is 5.11 Å². The number of fused-ring (bicyclic) bond motifs is 3. The zero-order valence-electron chi connectivity index (χ0n) is 51.9. The number of rotatable bonds is 13. The average molecular weight is 1150 g/mol. The fourth-order valence-electron chi connectivity index (χ4n) is 15.8. The highest BCUT2D eigenvalue weighted by atomic mass is 16.3. The van der Waals surface area contributed by atoms with Crippen molar-refractivity contribution in [1.29, 1.82) is 0 Å². The Morgan fingerprint density at radius 3 is 1.41 bits per heavy atom. The minimum atomic E-state index is 0.265. The van der Waals surface area contributed by atoms with Gasteiger partial charge in [-0.25, -0.2) is 0 Å². The molecule has 4 nitrogen and oxygen atoms in total. The van der Waals surface area contributed by atoms with Crippen LogP contribution in [0.25, 0.3) is 87.6 Å². The number of benzene rings is 12. The fraction of sp³-hybridized carbons (Fsp3) is 0.238. The summed E-state index contributed by atoms with van der Waals surface area (Å²) in [5.41, 5.74) is 24.8. The lowest BCUT2D eigenvalue weighted by Gasteiger charge is -2.34. The standard InChI is InChI=1S/C84H78N2O2/c1-7-56-23-15-17-31-62(56)60-29-19-30-61(49-60)64-33-21-37-74(82(64)87)85(76-47-52(3)39-41-54(76)5)78-50-72(58-25-11-9-12-26-58)65-44-46-71-79(51-73(59-27-13-10-14-28-59)66-43-45-70(78)80(65)81(66)71)86(77-48-53(4)40-42-55(77)6)75-38-22-36-69-68-35-20-34-67(83(68)88-84(69)75)63-32-18-16-24-57(63)8-2/h15-24,29-51,58-59,87H,7-14,25-28H2,1-6H3. The minimum Gasteiger partial charge on any atom is -0.505 e. The van der Waals surface area contributed by atoms with Crippen molar-refractivity contribution >= 4 is 88.4 Å². The molecule has 0 atom stereocenters. The molecule has 1 N–H and O–H groups in total. The van der Waals surface area contributed by atoms with Crippen LogP contribution in [0.2, 0.25) is 0 Å². The summed E-state index contributed by atoms with van der Waals surface area (Å²) in [4.78, 5) is 5.01. The van der Waals surface area contributed by atoms with Crippen LogP contribution in [0.15, 0.2) is 205 Å². The fourth-order valence-corrected chi connectivity index (χ4v) is 15.8. The molecule has 0 saturated heterocycles. The molecule has 0 unspecified atom stereocenters. The number of phenols is 1. The van der Waals surface area contributed by atoms with Gasteiger partial charge >= 0.3 is 0 Å². The van der Waals surface area contributed by atoms with Crippen LogP contribution < -0.4 is 9.80 Å². The van der Waals surface area contributed by atoms with Crippen molar-refractivity contribution in [2.24, 2.45) is 0 Å². The molecule has 2 aliphatic rings. The van der Waals surface area contributed by atoms with E-state index in [0.29, 0.717) is 11.8 Å². The molecule has 0 bridgehead atoms. The second kappa shape index (κ2) is 22.9. The maximum Gasteiger partial charge on any atom is 0.159 e. The SMILES string of the molecule is CCc1ccccc1-c1cccc(-c2cccc(N(c3cc(C)ccc3C)c3cc(C4CCCCC4)c4ccc5c(N(c6cc(C)ccc6C)c6cccc7c6oc6c(-c8ccccc8CC)cccc67)cc(C6CCCCC6)c6ccc3c4c65)c2O)c1. The highest BCUT2D eigenvalue weighted by Crippen LogP contribution is 2.56. The highest BCUT2D eigenvalue weighted by molar-refractivity contribution is 6.30. The first-order valence-corrected chi connectivity index (χ1v) is 32.7. The summed E-state index contributed by atoms with van der Waals surface area (Å²) in [6.45, 7) is 13.4. The highest BCUT2D eigenvalue weighted by Gasteiger charge is 2.32. The number of hydrogen-bond donors (Lipinski definition) is 1. The van der Waals surface area contributed by atoms with Crippen molar-refractivity contribution in [3.8, 4) is 39.1 Å². The van der Waals surface area contributed by atoms with Crippen molar-refractivity contribution in [2.45, 2.75) is 130 Å². The number of nitrogens with zero attached hydrogens (tertiary/aromatic N) is 2. The lowest BCUT2D eigenvalue weighted by Crippen LogP contribution is -2.16. The molecule has 2 saturated carbocycles. The number of para-hydroxylation sites is 3. The number of anilines is 6. The van der Waals surface area contributed by atoms with Crippen LogP contribution in [-0.2, 0) is 12.8 Å². The molecular formula is C84H78N2O2. The lowest BCUT2D eigenvalue weighted by atomic mass is 9.77. The molecule has 0 spiro atoms. The second-order valence-electron chi connectivity index (χ2n) is 25.7. The molecule has 0 amide bonds. The third kappa shape index (κ3) is 9.41. The first-order valence-electron chi connectivity index (χ1n) is 32.7. The van der Waals surface area contributed by atoms with Gasteiger partial charge in [-0.3, -0.25) is 0 Å². The van der Waals surface area contributed by atoms with E-state index in [4.69, 9.17) is 4.42 Å². The Morgan fingerprint density at radius 1 is 0.364 bits per heavy atom. The van der Waals surface area contributed by atoms with E-state index >= 15 is 0 Å². The second-order valence-corrected chi connectivity index (χ2v) is 25.7. The Morgan fingerprint density at radius 2 is 0.818 bits per heavy atom. The maximum atomic E-state index is 13.3. The van der Waals surface area contributed by atoms with Gasteiger partial charge in [0.1, 0.15) is 11.3 Å². The van der Waals surface area contributed by atoms with Gasteiger partial charge in [0, 0.05) is 44.0 Å². The molecule has 1 heterocycles. The zero-order valence-corrected chi connectivity index (χ0v) is 51.9. The lowest BCUT2D eigenvalue weighted by molar-refractivity contribution is 0.445. The van der Waals surface area contributed by atoms with Crippen molar-refractivity contribution < 1.29 is 9.52 Å². The molecule has 2 fully saturated rings. The summed E-state index contributed by atoms with van der Waals surface area (Å²) in [5, 5.41) is 23.3. The number of phenolic OH excluding ortho intramolecular Hbond substituents is 1. The van der Waals surface area contributed by atoms with E-state index in [-0.39, 0.29) is 5.75 Å². The van der Waals surface area contributed by atoms with E-state index < -0.39 is 0 Å². The van der Waals surface area contributed by atoms with Crippen molar-refractivity contribution in [1.82, 2.24) is 0 Å². The van der Waals surface area contributed by atoms with Gasteiger partial charge in [0.25, 0.3) is 0 Å². The summed E-state index contributed by atoms with van der Waals surface area (Å²) < 4.78 is 7.48. The topological polar surface area (TPSA) is 39.9 Å². The van der Waals surface area contributed by atoms with Crippen LogP contribution in [0.5, 0.6) is 5.75 Å². The van der Waals surface area contributed by atoms with E-state index in [1.54, 1.807) is 0 Å². The van der Waals surface area contributed by atoms with Gasteiger partial charge in [0.15, 0.2) is 5.58 Å². The maximum absolute atomic E-state index is 13.3. The Bertz CT molecular complexity index is 4820. The van der Waals surface area contributed by atoms with Crippen LogP contribution in [0, 0.1) is 27.7 Å². The average Bonchev–Trinajstić information content (AvgIpc) is 0.899. The summed E-state index contributed by atoms with van der Waals surface area (Å²) in [6.07, 6.45) is 13.9. The van der Waals surface area contributed by atoms with Crippen molar-refractivity contribution in [3.63, 3.8) is 0 Å². The van der Waals surface area contributed by atoms with Crippen LogP contribution in [0.4, 0.5) is 34.1 Å². The third-order valence-corrected chi connectivity index (χ3v) is 20.3. The molecule has 88 heavy (non-hydrogen) atoms. The van der Waals surface area contributed by atoms with Gasteiger partial charge in [-0.1, -0.05) is 210 Å². The summed E-state index contributed by atoms with van der Waals surface area (Å²) in [6, 6.07) is 74.9. The van der Waals surface area contributed by atoms with Crippen LogP contribution in [0.1, 0.15) is 134 Å². The summed E-state index contributed by atoms with van der Waals surface area (Å²) >= 11 is 0. The summed E-state index contributed by atoms with van der Waals surface area (Å²) in [7, 11) is 0. The Kier molecular flexibility index (Phi) is 14.4. The van der Waals surface area contributed by atoms with Gasteiger partial charge in [0.2, 0.25) is 0 Å². The van der Waals surface area contributed by atoms with Gasteiger partial charge in [-0.05, 0) is 209 Å².